The topological polar surface area (TPSA) is 75.3 Å². The molecule has 1 heterocycles. The number of hydrogen-bond donors (Lipinski definition) is 2. The SMILES string of the molecule is CC1CC(NC(=O)c2cccc(S(C)(=O)=O)c2)CCN1.Cl. The predicted molar refractivity (Wildman–Crippen MR) is 84.8 cm³/mol. The van der Waals surface area contributed by atoms with Crippen LogP contribution in [0.2, 0.25) is 0 Å². The average molecular weight is 333 g/mol. The Labute approximate surface area is 131 Å². The quantitative estimate of drug-likeness (QED) is 0.877. The number of benzene rings is 1. The number of nitrogens with one attached hydrogen (secondary N) is 2. The second-order valence-corrected chi connectivity index (χ2v) is 7.37. The summed E-state index contributed by atoms with van der Waals surface area (Å²) in [6, 6.07) is 6.68. The summed E-state index contributed by atoms with van der Waals surface area (Å²) in [5, 5.41) is 6.29. The van der Waals surface area contributed by atoms with Crippen molar-refractivity contribution in [2.75, 3.05) is 12.8 Å². The van der Waals surface area contributed by atoms with Gasteiger partial charge in [0.05, 0.1) is 4.90 Å². The lowest BCUT2D eigenvalue weighted by atomic mass is 10.0. The Balaban J connectivity index is 0.00000220. The molecule has 0 radical (unpaired) electrons. The van der Waals surface area contributed by atoms with E-state index in [2.05, 4.69) is 17.6 Å². The van der Waals surface area contributed by atoms with Crippen LogP contribution in [0.4, 0.5) is 0 Å². The number of amides is 1. The van der Waals surface area contributed by atoms with Gasteiger partial charge in [-0.3, -0.25) is 4.79 Å². The van der Waals surface area contributed by atoms with Crippen molar-refractivity contribution in [3.05, 3.63) is 29.8 Å². The van der Waals surface area contributed by atoms with E-state index in [1.54, 1.807) is 12.1 Å². The Bertz CT molecular complexity index is 604. The van der Waals surface area contributed by atoms with E-state index in [0.717, 1.165) is 25.6 Å². The van der Waals surface area contributed by atoms with Crippen LogP contribution in [0.15, 0.2) is 29.2 Å². The summed E-state index contributed by atoms with van der Waals surface area (Å²) in [6.07, 6.45) is 2.91. The van der Waals surface area contributed by atoms with Gasteiger partial charge in [-0.2, -0.15) is 0 Å². The van der Waals surface area contributed by atoms with Crippen LogP contribution in [0.5, 0.6) is 0 Å². The summed E-state index contributed by atoms with van der Waals surface area (Å²) in [6.45, 7) is 2.97. The van der Waals surface area contributed by atoms with Gasteiger partial charge in [0.1, 0.15) is 0 Å². The van der Waals surface area contributed by atoms with Crippen LogP contribution in [0, 0.1) is 0 Å². The fraction of sp³-hybridized carbons (Fsp3) is 0.500. The zero-order valence-electron chi connectivity index (χ0n) is 12.1. The van der Waals surface area contributed by atoms with Crippen molar-refractivity contribution in [3.8, 4) is 0 Å². The normalized spacial score (nSPS) is 22.2. The van der Waals surface area contributed by atoms with Gasteiger partial charge in [-0.1, -0.05) is 6.07 Å². The Hall–Kier alpha value is -1.11. The number of sulfone groups is 1. The van der Waals surface area contributed by atoms with Crippen molar-refractivity contribution in [2.24, 2.45) is 0 Å². The van der Waals surface area contributed by atoms with Crippen molar-refractivity contribution in [3.63, 3.8) is 0 Å². The van der Waals surface area contributed by atoms with E-state index in [9.17, 15) is 13.2 Å². The Morgan fingerprint density at radius 1 is 1.38 bits per heavy atom. The molecule has 0 aromatic heterocycles. The second kappa shape index (κ2) is 7.24. The third kappa shape index (κ3) is 4.98. The molecule has 1 saturated heterocycles. The highest BCUT2D eigenvalue weighted by molar-refractivity contribution is 7.90. The first-order chi connectivity index (χ1) is 9.36. The van der Waals surface area contributed by atoms with Gasteiger partial charge < -0.3 is 10.6 Å². The van der Waals surface area contributed by atoms with Crippen molar-refractivity contribution in [2.45, 2.75) is 36.7 Å². The highest BCUT2D eigenvalue weighted by atomic mass is 35.5. The van der Waals surface area contributed by atoms with Gasteiger partial charge in [-0.05, 0) is 44.5 Å². The van der Waals surface area contributed by atoms with Gasteiger partial charge in [0.25, 0.3) is 5.91 Å². The lowest BCUT2D eigenvalue weighted by Gasteiger charge is -2.28. The summed E-state index contributed by atoms with van der Waals surface area (Å²) in [4.78, 5) is 12.3. The fourth-order valence-corrected chi connectivity index (χ4v) is 3.07. The van der Waals surface area contributed by atoms with Crippen LogP contribution in [0.1, 0.15) is 30.1 Å². The van der Waals surface area contributed by atoms with Crippen LogP contribution in [0.25, 0.3) is 0 Å². The summed E-state index contributed by atoms with van der Waals surface area (Å²) < 4.78 is 23.0. The van der Waals surface area contributed by atoms with Crippen molar-refractivity contribution >= 4 is 28.2 Å². The molecule has 0 bridgehead atoms. The molecule has 1 aromatic rings. The van der Waals surface area contributed by atoms with Crippen molar-refractivity contribution in [1.29, 1.82) is 0 Å². The first-order valence-corrected chi connectivity index (χ1v) is 8.60. The van der Waals surface area contributed by atoms with Gasteiger partial charge >= 0.3 is 0 Å². The molecule has 2 atom stereocenters. The van der Waals surface area contributed by atoms with E-state index >= 15 is 0 Å². The van der Waals surface area contributed by atoms with Gasteiger partial charge in [-0.25, -0.2) is 8.42 Å². The lowest BCUT2D eigenvalue weighted by molar-refractivity contribution is 0.0925. The summed E-state index contributed by atoms with van der Waals surface area (Å²) in [5.41, 5.74) is 0.388. The van der Waals surface area contributed by atoms with E-state index in [4.69, 9.17) is 0 Å². The molecule has 2 rings (SSSR count). The Kier molecular flexibility index (Phi) is 6.19. The largest absolute Gasteiger partial charge is 0.349 e. The molecule has 5 nitrogen and oxygen atoms in total. The van der Waals surface area contributed by atoms with Crippen LogP contribution >= 0.6 is 12.4 Å². The highest BCUT2D eigenvalue weighted by Gasteiger charge is 2.21. The highest BCUT2D eigenvalue weighted by Crippen LogP contribution is 2.13. The zero-order chi connectivity index (χ0) is 14.8. The maximum atomic E-state index is 12.2. The first-order valence-electron chi connectivity index (χ1n) is 6.70. The van der Waals surface area contributed by atoms with Crippen LogP contribution in [-0.2, 0) is 9.84 Å². The first kappa shape index (κ1) is 17.9. The molecule has 0 saturated carbocycles. The molecule has 2 N–H and O–H groups in total. The third-order valence-corrected chi connectivity index (χ3v) is 4.59. The van der Waals surface area contributed by atoms with Crippen molar-refractivity contribution in [1.82, 2.24) is 10.6 Å². The van der Waals surface area contributed by atoms with E-state index < -0.39 is 9.84 Å². The van der Waals surface area contributed by atoms with E-state index in [-0.39, 0.29) is 29.3 Å². The molecular formula is C14H21ClN2O3S. The summed E-state index contributed by atoms with van der Waals surface area (Å²) in [7, 11) is -3.29. The Morgan fingerprint density at radius 3 is 2.71 bits per heavy atom. The predicted octanol–water partition coefficient (Wildman–Crippen LogP) is 1.38. The minimum Gasteiger partial charge on any atom is -0.349 e. The van der Waals surface area contributed by atoms with Gasteiger partial charge in [0.15, 0.2) is 9.84 Å². The van der Waals surface area contributed by atoms with Crippen LogP contribution < -0.4 is 10.6 Å². The molecule has 7 heteroatoms. The minimum absolute atomic E-state index is 0. The molecule has 0 spiro atoms. The Morgan fingerprint density at radius 2 is 2.10 bits per heavy atom. The molecule has 1 aliphatic heterocycles. The standard InChI is InChI=1S/C14H20N2O3S.ClH/c1-10-8-12(6-7-15-10)16-14(17)11-4-3-5-13(9-11)20(2,18)19;/h3-5,9-10,12,15H,6-8H2,1-2H3,(H,16,17);1H. The smallest absolute Gasteiger partial charge is 0.251 e. The molecule has 21 heavy (non-hydrogen) atoms. The number of halogens is 1. The molecular weight excluding hydrogens is 312 g/mol. The van der Waals surface area contributed by atoms with Crippen molar-refractivity contribution < 1.29 is 13.2 Å². The zero-order valence-corrected chi connectivity index (χ0v) is 13.8. The number of hydrogen-bond acceptors (Lipinski definition) is 4. The van der Waals surface area contributed by atoms with Gasteiger partial charge in [0.2, 0.25) is 0 Å². The van der Waals surface area contributed by atoms with E-state index in [0.29, 0.717) is 11.6 Å². The summed E-state index contributed by atoms with van der Waals surface area (Å²) >= 11 is 0. The molecule has 2 unspecified atom stereocenters. The number of carbonyl (C=O) groups excluding carboxylic acids is 1. The molecule has 0 aliphatic carbocycles. The number of piperidine rings is 1. The molecule has 1 aromatic carbocycles. The lowest BCUT2D eigenvalue weighted by Crippen LogP contribution is -2.46. The average Bonchev–Trinajstić information content (AvgIpc) is 2.38. The van der Waals surface area contributed by atoms with Gasteiger partial charge in [0, 0.05) is 23.9 Å². The van der Waals surface area contributed by atoms with Gasteiger partial charge in [-0.15, -0.1) is 12.4 Å². The number of carbonyl (C=O) groups is 1. The van der Waals surface area contributed by atoms with Crippen LogP contribution in [-0.4, -0.2) is 39.2 Å². The number of rotatable bonds is 3. The molecule has 1 amide bonds. The van der Waals surface area contributed by atoms with E-state index in [1.807, 2.05) is 0 Å². The monoisotopic (exact) mass is 332 g/mol. The third-order valence-electron chi connectivity index (χ3n) is 3.48. The maximum Gasteiger partial charge on any atom is 0.251 e. The molecule has 118 valence electrons. The van der Waals surface area contributed by atoms with Crippen LogP contribution in [0.3, 0.4) is 0 Å². The second-order valence-electron chi connectivity index (χ2n) is 5.35. The maximum absolute atomic E-state index is 12.2. The minimum atomic E-state index is -3.29. The van der Waals surface area contributed by atoms with E-state index in [1.165, 1.54) is 12.1 Å². The molecule has 1 fully saturated rings. The molecule has 1 aliphatic rings. The summed E-state index contributed by atoms with van der Waals surface area (Å²) in [5.74, 6) is -0.213. The fourth-order valence-electron chi connectivity index (χ4n) is 2.40.